The Morgan fingerprint density at radius 1 is 1.14 bits per heavy atom. The molecule has 0 radical (unpaired) electrons. The molecule has 1 aromatic carbocycles. The fraction of sp³-hybridized carbons (Fsp3) is 0.576. The van der Waals surface area contributed by atoms with Gasteiger partial charge in [0.05, 0.1) is 26.8 Å². The highest BCUT2D eigenvalue weighted by atomic mass is 16.6. The van der Waals surface area contributed by atoms with Gasteiger partial charge in [-0.1, -0.05) is 51.6 Å². The minimum atomic E-state index is -0.998. The first-order valence-electron chi connectivity index (χ1n) is 15.1. The van der Waals surface area contributed by atoms with Gasteiger partial charge in [-0.15, -0.1) is 6.58 Å². The molecule has 1 aliphatic carbocycles. The van der Waals surface area contributed by atoms with E-state index in [1.165, 1.54) is 12.0 Å². The highest BCUT2D eigenvalue weighted by Gasteiger charge is 2.48. The smallest absolute Gasteiger partial charge is 0.410 e. The highest BCUT2D eigenvalue weighted by Crippen LogP contribution is 2.49. The molecule has 44 heavy (non-hydrogen) atoms. The zero-order valence-electron chi connectivity index (χ0n) is 26.3. The number of likely N-dealkylation sites (tertiary alicyclic amines) is 1. The Labute approximate surface area is 259 Å². The number of rotatable bonds is 12. The monoisotopic (exact) mass is 611 g/mol. The molecule has 3 atom stereocenters. The number of allylic oxidation sites excluding steroid dienone is 1. The maximum Gasteiger partial charge on any atom is 0.410 e. The van der Waals surface area contributed by atoms with Crippen LogP contribution >= 0.6 is 0 Å². The molecule has 1 saturated carbocycles. The van der Waals surface area contributed by atoms with Crippen LogP contribution in [-0.2, 0) is 36.9 Å². The second kappa shape index (κ2) is 13.7. The maximum absolute atomic E-state index is 13.9. The summed E-state index contributed by atoms with van der Waals surface area (Å²) < 4.78 is 22.1. The Hall–Kier alpha value is -4.02. The van der Waals surface area contributed by atoms with Crippen LogP contribution in [0.3, 0.4) is 0 Å². The van der Waals surface area contributed by atoms with Crippen molar-refractivity contribution in [3.05, 3.63) is 54.6 Å². The summed E-state index contributed by atoms with van der Waals surface area (Å²) in [6.07, 6.45) is 5.30. The number of hydrogen-bond donors (Lipinski definition) is 1. The molecule has 4 rings (SSSR count). The van der Waals surface area contributed by atoms with Crippen LogP contribution in [0.25, 0.3) is 0 Å². The van der Waals surface area contributed by atoms with E-state index in [-0.39, 0.29) is 25.0 Å². The number of amides is 3. The van der Waals surface area contributed by atoms with Crippen molar-refractivity contribution in [1.82, 2.24) is 15.1 Å². The minimum Gasteiger partial charge on any atom is -0.489 e. The van der Waals surface area contributed by atoms with Crippen LogP contribution in [0.4, 0.5) is 9.59 Å². The summed E-state index contributed by atoms with van der Waals surface area (Å²) in [4.78, 5) is 55.7. The highest BCUT2D eigenvalue weighted by molar-refractivity contribution is 5.91. The quantitative estimate of drug-likeness (QED) is 0.204. The average Bonchev–Trinajstić information content (AvgIpc) is 3.41. The second-order valence-corrected chi connectivity index (χ2v) is 13.0. The van der Waals surface area contributed by atoms with Gasteiger partial charge >= 0.3 is 18.2 Å². The number of benzene rings is 1. The van der Waals surface area contributed by atoms with E-state index in [9.17, 15) is 19.2 Å². The second-order valence-electron chi connectivity index (χ2n) is 13.0. The van der Waals surface area contributed by atoms with Crippen LogP contribution in [0, 0.1) is 10.8 Å². The lowest BCUT2D eigenvalue weighted by molar-refractivity contribution is -0.152. The molecule has 240 valence electrons. The molecule has 1 N–H and O–H groups in total. The van der Waals surface area contributed by atoms with Gasteiger partial charge in [0.25, 0.3) is 0 Å². The van der Waals surface area contributed by atoms with E-state index in [1.54, 1.807) is 11.0 Å². The molecule has 1 unspecified atom stereocenters. The molecule has 0 spiro atoms. The topological polar surface area (TPSA) is 124 Å². The van der Waals surface area contributed by atoms with Gasteiger partial charge in [-0.3, -0.25) is 9.69 Å². The van der Waals surface area contributed by atoms with E-state index >= 15 is 0 Å². The third-order valence-corrected chi connectivity index (χ3v) is 8.56. The lowest BCUT2D eigenvalue weighted by Crippen LogP contribution is -2.57. The standard InChI is InChI=1S/C33H45N3O8/c1-7-9-13-33(14-15-33)21-43-30(39)34-27(32(3,4)5)28(37)36-19-23(17-25(36)29(38)41-6)44-31(40)35-18-22-11-10-12-26(24(22)20-35)42-16-8-2/h7-8,10-12,23,25,27H,1-2,9,13-21H2,3-6H3,(H,34,39)/t23-,25+,27?/m1/s1. The minimum absolute atomic E-state index is 0.0210. The normalized spacial score (nSPS) is 20.6. The van der Waals surface area contributed by atoms with Gasteiger partial charge in [0.15, 0.2) is 0 Å². The Morgan fingerprint density at radius 3 is 2.52 bits per heavy atom. The first kappa shape index (κ1) is 32.9. The zero-order chi connectivity index (χ0) is 32.1. The van der Waals surface area contributed by atoms with Crippen LogP contribution in [0.15, 0.2) is 43.5 Å². The molecule has 0 bridgehead atoms. The molecule has 2 aliphatic heterocycles. The van der Waals surface area contributed by atoms with Gasteiger partial charge in [-0.05, 0) is 42.7 Å². The predicted octanol–water partition coefficient (Wildman–Crippen LogP) is 4.73. The summed E-state index contributed by atoms with van der Waals surface area (Å²) in [5.41, 5.74) is 1.13. The summed E-state index contributed by atoms with van der Waals surface area (Å²) in [5, 5.41) is 2.74. The molecule has 2 heterocycles. The molecule has 3 amide bonds. The summed E-state index contributed by atoms with van der Waals surface area (Å²) in [5.74, 6) is -0.416. The summed E-state index contributed by atoms with van der Waals surface area (Å²) >= 11 is 0. The molecule has 11 heteroatoms. The number of carbonyl (C=O) groups excluding carboxylic acids is 4. The fourth-order valence-electron chi connectivity index (χ4n) is 5.75. The van der Waals surface area contributed by atoms with Gasteiger partial charge in [0.1, 0.15) is 30.5 Å². The number of hydrogen-bond acceptors (Lipinski definition) is 8. The number of methoxy groups -OCH3 is 1. The van der Waals surface area contributed by atoms with Crippen molar-refractivity contribution in [3.8, 4) is 5.75 Å². The third-order valence-electron chi connectivity index (χ3n) is 8.56. The van der Waals surface area contributed by atoms with E-state index in [0.717, 1.165) is 36.8 Å². The lowest BCUT2D eigenvalue weighted by Gasteiger charge is -2.34. The summed E-state index contributed by atoms with van der Waals surface area (Å²) in [6, 6.07) is 3.68. The largest absolute Gasteiger partial charge is 0.489 e. The molecule has 3 aliphatic rings. The van der Waals surface area contributed by atoms with Gasteiger partial charge in [0, 0.05) is 23.9 Å². The number of alkyl carbamates (subject to hydrolysis) is 1. The Kier molecular flexibility index (Phi) is 10.3. The molecule has 2 fully saturated rings. The van der Waals surface area contributed by atoms with Crippen molar-refractivity contribution in [3.63, 3.8) is 0 Å². The van der Waals surface area contributed by atoms with Gasteiger partial charge < -0.3 is 29.2 Å². The van der Waals surface area contributed by atoms with Crippen molar-refractivity contribution < 1.29 is 38.1 Å². The molecule has 1 aromatic rings. The number of ether oxygens (including phenoxy) is 4. The van der Waals surface area contributed by atoms with Gasteiger partial charge in [-0.25, -0.2) is 14.4 Å². The Morgan fingerprint density at radius 2 is 1.89 bits per heavy atom. The number of fused-ring (bicyclic) bond motifs is 1. The first-order chi connectivity index (χ1) is 20.9. The van der Waals surface area contributed by atoms with E-state index < -0.39 is 47.7 Å². The van der Waals surface area contributed by atoms with Crippen LogP contribution in [0.5, 0.6) is 5.75 Å². The van der Waals surface area contributed by atoms with Gasteiger partial charge in [-0.2, -0.15) is 0 Å². The number of carbonyl (C=O) groups is 4. The molecule has 11 nitrogen and oxygen atoms in total. The van der Waals surface area contributed by atoms with Crippen LogP contribution in [0.1, 0.15) is 64.0 Å². The Bertz CT molecular complexity index is 1270. The lowest BCUT2D eigenvalue weighted by atomic mass is 9.85. The van der Waals surface area contributed by atoms with E-state index in [0.29, 0.717) is 25.4 Å². The fourth-order valence-corrected chi connectivity index (χ4v) is 5.75. The zero-order valence-corrected chi connectivity index (χ0v) is 26.3. The molecule has 1 saturated heterocycles. The predicted molar refractivity (Wildman–Crippen MR) is 163 cm³/mol. The van der Waals surface area contributed by atoms with Crippen molar-refractivity contribution in [1.29, 1.82) is 0 Å². The summed E-state index contributed by atoms with van der Waals surface area (Å²) in [7, 11) is 1.24. The maximum atomic E-state index is 13.9. The van der Waals surface area contributed by atoms with E-state index in [2.05, 4.69) is 18.5 Å². The van der Waals surface area contributed by atoms with Crippen LogP contribution < -0.4 is 10.1 Å². The third kappa shape index (κ3) is 7.73. The van der Waals surface area contributed by atoms with E-state index in [1.807, 2.05) is 45.0 Å². The average molecular weight is 612 g/mol. The van der Waals surface area contributed by atoms with Crippen molar-refractivity contribution in [2.75, 3.05) is 26.9 Å². The van der Waals surface area contributed by atoms with Crippen molar-refractivity contribution in [2.45, 2.75) is 84.2 Å². The number of nitrogens with one attached hydrogen (secondary N) is 1. The number of esters is 1. The van der Waals surface area contributed by atoms with Crippen molar-refractivity contribution in [2.24, 2.45) is 10.8 Å². The molecular formula is C33H45N3O8. The molecular weight excluding hydrogens is 566 g/mol. The number of nitrogens with zero attached hydrogens (tertiary/aromatic N) is 2. The Balaban J connectivity index is 1.41. The first-order valence-corrected chi connectivity index (χ1v) is 15.1. The summed E-state index contributed by atoms with van der Waals surface area (Å²) in [6.45, 7) is 14.2. The molecule has 0 aromatic heterocycles. The van der Waals surface area contributed by atoms with Crippen LogP contribution in [0.2, 0.25) is 0 Å². The van der Waals surface area contributed by atoms with Crippen LogP contribution in [-0.4, -0.2) is 78.9 Å². The SMILES string of the molecule is C=CCCC1(COC(=O)NC(C(=O)N2C[C@H](OC(=O)N3Cc4cccc(OCC=C)c4C3)C[C@H]2C(=O)OC)C(C)(C)C)CC1. The van der Waals surface area contributed by atoms with Crippen molar-refractivity contribution >= 4 is 24.1 Å². The van der Waals surface area contributed by atoms with E-state index in [4.69, 9.17) is 18.9 Å². The van der Waals surface area contributed by atoms with Gasteiger partial charge in [0.2, 0.25) is 5.91 Å².